The number of hydrogen-bond donors (Lipinski definition) is 0. The molecule has 0 aromatic carbocycles. The average molecular weight is 98.1 g/mol. The summed E-state index contributed by atoms with van der Waals surface area (Å²) in [5.74, 6) is 13.5. The minimum atomic E-state index is 2.09. The van der Waals surface area contributed by atoms with Gasteiger partial charge in [-0.2, -0.15) is 0 Å². The van der Waals surface area contributed by atoms with Gasteiger partial charge in [0, 0.05) is 0 Å². The van der Waals surface area contributed by atoms with Crippen molar-refractivity contribution in [3.63, 3.8) is 0 Å². The molecule has 0 bridgehead atoms. The minimum Gasteiger partial charge on any atom is -0.106 e. The maximum Gasteiger partial charge on any atom is -0.0000436 e. The molecular weight excluding hydrogens is 96.1 g/mol. The summed E-state index contributed by atoms with van der Waals surface area (Å²) in [6.45, 7) is 0. The van der Waals surface area contributed by atoms with Crippen molar-refractivity contribution < 1.29 is 0 Å². The van der Waals surface area contributed by atoms with Gasteiger partial charge in [-0.25, -0.2) is 0 Å². The number of rotatable bonds is 0. The molecular formula is C8H2. The van der Waals surface area contributed by atoms with Crippen LogP contribution in [0.15, 0.2) is 0 Å². The summed E-state index contributed by atoms with van der Waals surface area (Å²) in [6.07, 6.45) is 9.54. The molecule has 0 N–H and O–H groups in total. The zero-order chi connectivity index (χ0) is 6.24. The van der Waals surface area contributed by atoms with Gasteiger partial charge in [-0.15, -0.1) is 12.8 Å². The van der Waals surface area contributed by atoms with Crippen molar-refractivity contribution >= 4 is 0 Å². The fourth-order valence-electron chi connectivity index (χ4n) is 0.135. The normalized spacial score (nSPS) is 3.25. The average Bonchev–Trinajstić information content (AvgIpc) is 1.81. The summed E-state index contributed by atoms with van der Waals surface area (Å²) in [4.78, 5) is 0. The monoisotopic (exact) mass is 98.0 g/mol. The van der Waals surface area contributed by atoms with E-state index >= 15 is 0 Å². The van der Waals surface area contributed by atoms with E-state index in [9.17, 15) is 0 Å². The molecule has 0 spiro atoms. The Balaban J connectivity index is 3.85. The Hall–Kier alpha value is -1.76. The van der Waals surface area contributed by atoms with Crippen molar-refractivity contribution in [2.24, 2.45) is 0 Å². The molecule has 0 aliphatic carbocycles. The Kier molecular flexibility index (Phi) is 4.09. The van der Waals surface area contributed by atoms with Crippen LogP contribution in [0.25, 0.3) is 0 Å². The van der Waals surface area contributed by atoms with Gasteiger partial charge >= 0.3 is 0 Å². The Morgan fingerprint density at radius 1 is 0.625 bits per heavy atom. The summed E-state index contributed by atoms with van der Waals surface area (Å²) in [5.41, 5.74) is 0. The second-order valence-electron chi connectivity index (χ2n) is 0.789. The first kappa shape index (κ1) is 6.24. The largest absolute Gasteiger partial charge is 0.106 e. The summed E-state index contributed by atoms with van der Waals surface area (Å²) >= 11 is 0. The van der Waals surface area contributed by atoms with Crippen LogP contribution in [-0.4, -0.2) is 0 Å². The maximum atomic E-state index is 4.77. The van der Waals surface area contributed by atoms with Gasteiger partial charge in [0.15, 0.2) is 0 Å². The third-order valence-corrected chi connectivity index (χ3v) is 0.332. The lowest BCUT2D eigenvalue weighted by Gasteiger charge is -1.49. The third-order valence-electron chi connectivity index (χ3n) is 0.332. The van der Waals surface area contributed by atoms with Crippen LogP contribution < -0.4 is 0 Å². The Bertz CT molecular complexity index is 217. The molecule has 0 aromatic rings. The number of terminal acetylenes is 2. The van der Waals surface area contributed by atoms with Gasteiger partial charge in [-0.3, -0.25) is 0 Å². The van der Waals surface area contributed by atoms with Crippen molar-refractivity contribution in [3.8, 4) is 48.4 Å². The predicted octanol–water partition coefficient (Wildman–Crippen LogP) is 0.260. The first-order chi connectivity index (χ1) is 3.91. The van der Waals surface area contributed by atoms with E-state index in [1.807, 2.05) is 0 Å². The van der Waals surface area contributed by atoms with Gasteiger partial charge in [-0.05, 0) is 35.5 Å². The molecule has 0 aromatic heterocycles. The molecule has 0 heteroatoms. The lowest BCUT2D eigenvalue weighted by Crippen LogP contribution is -1.48. The molecule has 34 valence electrons. The van der Waals surface area contributed by atoms with Crippen molar-refractivity contribution in [2.75, 3.05) is 0 Å². The molecule has 0 rings (SSSR count). The highest BCUT2D eigenvalue weighted by atomic mass is 13.5. The molecule has 0 fully saturated rings. The predicted molar refractivity (Wildman–Crippen MR) is 33.2 cm³/mol. The summed E-state index contributed by atoms with van der Waals surface area (Å²) in [6, 6.07) is 0. The molecule has 0 atom stereocenters. The van der Waals surface area contributed by atoms with Crippen molar-refractivity contribution in [1.82, 2.24) is 0 Å². The Morgan fingerprint density at radius 2 is 1.00 bits per heavy atom. The Labute approximate surface area is 49.3 Å². The van der Waals surface area contributed by atoms with E-state index in [2.05, 4.69) is 35.5 Å². The third kappa shape index (κ3) is 4.24. The second-order valence-corrected chi connectivity index (χ2v) is 0.789. The molecule has 0 saturated heterocycles. The lowest BCUT2D eigenvalue weighted by atomic mass is 10.5. The smallest absolute Gasteiger partial charge is 0.0000436 e. The summed E-state index contributed by atoms with van der Waals surface area (Å²) in [5, 5.41) is 0. The van der Waals surface area contributed by atoms with Gasteiger partial charge < -0.3 is 0 Å². The van der Waals surface area contributed by atoms with E-state index in [1.165, 1.54) is 0 Å². The number of hydrogen-bond acceptors (Lipinski definition) is 0. The molecule has 0 unspecified atom stereocenters. The van der Waals surface area contributed by atoms with E-state index < -0.39 is 0 Å². The van der Waals surface area contributed by atoms with Crippen LogP contribution in [0.5, 0.6) is 0 Å². The summed E-state index contributed by atoms with van der Waals surface area (Å²) < 4.78 is 0. The van der Waals surface area contributed by atoms with Crippen LogP contribution >= 0.6 is 0 Å². The summed E-state index contributed by atoms with van der Waals surface area (Å²) in [7, 11) is 0. The zero-order valence-corrected chi connectivity index (χ0v) is 4.15. The van der Waals surface area contributed by atoms with Crippen LogP contribution in [-0.2, 0) is 0 Å². The van der Waals surface area contributed by atoms with E-state index in [-0.39, 0.29) is 0 Å². The SMILES string of the molecule is C#CC#CC#CC#C. The first-order valence-corrected chi connectivity index (χ1v) is 1.83. The van der Waals surface area contributed by atoms with E-state index in [0.29, 0.717) is 0 Å². The standard InChI is InChI=1S/C8H2/c1-3-5-7-8-6-4-2/h1-2H. The molecule has 8 heavy (non-hydrogen) atoms. The fraction of sp³-hybridized carbons (Fsp3) is 0. The Morgan fingerprint density at radius 3 is 1.25 bits per heavy atom. The fourth-order valence-corrected chi connectivity index (χ4v) is 0.135. The van der Waals surface area contributed by atoms with E-state index in [1.54, 1.807) is 0 Å². The maximum absolute atomic E-state index is 4.77. The van der Waals surface area contributed by atoms with E-state index in [0.717, 1.165) is 0 Å². The van der Waals surface area contributed by atoms with Crippen molar-refractivity contribution in [2.45, 2.75) is 0 Å². The molecule has 0 radical (unpaired) electrons. The van der Waals surface area contributed by atoms with Crippen LogP contribution in [0, 0.1) is 48.4 Å². The molecule has 0 heterocycles. The van der Waals surface area contributed by atoms with Crippen LogP contribution in [0.1, 0.15) is 0 Å². The quantitative estimate of drug-likeness (QED) is 0.381. The first-order valence-electron chi connectivity index (χ1n) is 1.83. The van der Waals surface area contributed by atoms with Crippen LogP contribution in [0.2, 0.25) is 0 Å². The van der Waals surface area contributed by atoms with E-state index in [4.69, 9.17) is 12.8 Å². The van der Waals surface area contributed by atoms with Crippen LogP contribution in [0.4, 0.5) is 0 Å². The molecule has 0 aliphatic heterocycles. The highest BCUT2D eigenvalue weighted by Crippen LogP contribution is 1.49. The highest BCUT2D eigenvalue weighted by molar-refractivity contribution is 5.38. The van der Waals surface area contributed by atoms with Crippen molar-refractivity contribution in [1.29, 1.82) is 0 Å². The van der Waals surface area contributed by atoms with Gasteiger partial charge in [0.25, 0.3) is 0 Å². The zero-order valence-electron chi connectivity index (χ0n) is 4.15. The van der Waals surface area contributed by atoms with Gasteiger partial charge in [0.1, 0.15) is 0 Å². The van der Waals surface area contributed by atoms with Crippen molar-refractivity contribution in [3.05, 3.63) is 0 Å². The van der Waals surface area contributed by atoms with Gasteiger partial charge in [0.05, 0.1) is 0 Å². The molecule has 0 nitrogen and oxygen atoms in total. The minimum absolute atomic E-state index is 2.09. The molecule has 0 saturated carbocycles. The molecule has 0 aliphatic rings. The lowest BCUT2D eigenvalue weighted by molar-refractivity contribution is 2.41. The molecule has 0 amide bonds. The van der Waals surface area contributed by atoms with Gasteiger partial charge in [-0.1, -0.05) is 0 Å². The van der Waals surface area contributed by atoms with Crippen LogP contribution in [0.3, 0.4) is 0 Å². The van der Waals surface area contributed by atoms with Gasteiger partial charge in [0.2, 0.25) is 0 Å². The topological polar surface area (TPSA) is 0 Å². The highest BCUT2D eigenvalue weighted by Gasteiger charge is 1.48. The second kappa shape index (κ2) is 5.24.